The summed E-state index contributed by atoms with van der Waals surface area (Å²) < 4.78 is 5.93. The molecule has 0 aromatic heterocycles. The van der Waals surface area contributed by atoms with Gasteiger partial charge in [0, 0.05) is 0 Å². The normalized spacial score (nSPS) is 16.7. The van der Waals surface area contributed by atoms with E-state index in [0.717, 1.165) is 12.8 Å². The van der Waals surface area contributed by atoms with Crippen LogP contribution >= 0.6 is 0 Å². The van der Waals surface area contributed by atoms with Crippen LogP contribution in [0.1, 0.15) is 24.1 Å². The molecule has 2 nitrogen and oxygen atoms in total. The van der Waals surface area contributed by atoms with Gasteiger partial charge >= 0.3 is 0 Å². The van der Waals surface area contributed by atoms with Crippen LogP contribution in [-0.2, 0) is 24.2 Å². The van der Waals surface area contributed by atoms with E-state index in [-0.39, 0.29) is 13.5 Å². The fourth-order valence-electron chi connectivity index (χ4n) is 2.47. The lowest BCUT2D eigenvalue weighted by Gasteiger charge is -2.10. The molecule has 3 rings (SSSR count). The second kappa shape index (κ2) is 5.89. The van der Waals surface area contributed by atoms with Crippen molar-refractivity contribution in [2.24, 2.45) is 0 Å². The minimum atomic E-state index is 0. The highest BCUT2D eigenvalue weighted by molar-refractivity contribution is 5.38. The summed E-state index contributed by atoms with van der Waals surface area (Å²) in [5.74, 6) is 0.345. The van der Waals surface area contributed by atoms with Crippen molar-refractivity contribution in [2.45, 2.75) is 33.0 Å². The summed E-state index contributed by atoms with van der Waals surface area (Å²) in [4.78, 5) is 0. The third-order valence-electron chi connectivity index (χ3n) is 3.41. The van der Waals surface area contributed by atoms with Crippen molar-refractivity contribution in [3.05, 3.63) is 65.2 Å². The summed E-state index contributed by atoms with van der Waals surface area (Å²) >= 11 is 0. The third kappa shape index (κ3) is 3.15. The molecule has 0 fully saturated rings. The topological polar surface area (TPSA) is 29.5 Å². The minimum absolute atomic E-state index is 0. The summed E-state index contributed by atoms with van der Waals surface area (Å²) in [7, 11) is 0. The number of benzene rings is 2. The zero-order valence-electron chi connectivity index (χ0n) is 10.2. The monoisotopic (exact) mass is 256 g/mol. The molecule has 0 radical (unpaired) electrons. The smallest absolute Gasteiger partial charge is 0.115 e. The van der Waals surface area contributed by atoms with Crippen LogP contribution in [0.2, 0.25) is 0 Å². The Kier molecular flexibility index (Phi) is 4.23. The largest absolute Gasteiger partial charge is 0.508 e. The lowest BCUT2D eigenvalue weighted by molar-refractivity contribution is 0.0479. The zero-order chi connectivity index (χ0) is 12.4. The van der Waals surface area contributed by atoms with E-state index in [1.54, 1.807) is 6.07 Å². The highest BCUT2D eigenvalue weighted by Gasteiger charge is 2.22. The van der Waals surface area contributed by atoms with E-state index >= 15 is 0 Å². The summed E-state index contributed by atoms with van der Waals surface area (Å²) in [6, 6.07) is 15.8. The Morgan fingerprint density at radius 3 is 2.53 bits per heavy atom. The standard InChI is InChI=1S/C16H16O2.CH4/c17-15-7-6-13-9-16(10-14(13)8-15)18-11-12-4-2-1-3-5-12;/h1-8,16-17H,9-11H2;1H4. The van der Waals surface area contributed by atoms with E-state index in [4.69, 9.17) is 4.74 Å². The Morgan fingerprint density at radius 2 is 1.74 bits per heavy atom. The molecule has 0 amide bonds. The van der Waals surface area contributed by atoms with Crippen molar-refractivity contribution in [2.75, 3.05) is 0 Å². The molecule has 1 aliphatic rings. The second-order valence-electron chi connectivity index (χ2n) is 4.78. The van der Waals surface area contributed by atoms with E-state index < -0.39 is 0 Å². The van der Waals surface area contributed by atoms with Crippen LogP contribution in [0, 0.1) is 0 Å². The highest BCUT2D eigenvalue weighted by atomic mass is 16.5. The molecule has 19 heavy (non-hydrogen) atoms. The maximum absolute atomic E-state index is 9.45. The van der Waals surface area contributed by atoms with E-state index in [1.165, 1.54) is 16.7 Å². The molecule has 0 heterocycles. The first-order chi connectivity index (χ1) is 8.81. The number of phenolic OH excluding ortho intramolecular Hbond substituents is 1. The van der Waals surface area contributed by atoms with Gasteiger partial charge in [-0.25, -0.2) is 0 Å². The third-order valence-corrected chi connectivity index (χ3v) is 3.41. The molecule has 0 aliphatic heterocycles. The maximum atomic E-state index is 9.45. The number of hydrogen-bond acceptors (Lipinski definition) is 2. The Labute approximate surface area is 114 Å². The van der Waals surface area contributed by atoms with Crippen LogP contribution < -0.4 is 0 Å². The molecule has 2 aromatic rings. The van der Waals surface area contributed by atoms with Gasteiger partial charge in [0.1, 0.15) is 5.75 Å². The first-order valence-corrected chi connectivity index (χ1v) is 6.27. The number of fused-ring (bicyclic) bond motifs is 1. The van der Waals surface area contributed by atoms with Crippen molar-refractivity contribution in [1.82, 2.24) is 0 Å². The van der Waals surface area contributed by atoms with Crippen molar-refractivity contribution < 1.29 is 9.84 Å². The molecule has 0 bridgehead atoms. The highest BCUT2D eigenvalue weighted by Crippen LogP contribution is 2.27. The van der Waals surface area contributed by atoms with Crippen molar-refractivity contribution >= 4 is 0 Å². The quantitative estimate of drug-likeness (QED) is 0.907. The Balaban J connectivity index is 0.00000133. The molecule has 2 heteroatoms. The summed E-state index contributed by atoms with van der Waals surface area (Å²) in [5.41, 5.74) is 3.72. The van der Waals surface area contributed by atoms with Gasteiger partial charge in [0.05, 0.1) is 12.7 Å². The van der Waals surface area contributed by atoms with Crippen molar-refractivity contribution in [3.8, 4) is 5.75 Å². The predicted octanol–water partition coefficient (Wildman–Crippen LogP) is 3.71. The van der Waals surface area contributed by atoms with Crippen LogP contribution in [-0.4, -0.2) is 11.2 Å². The lowest BCUT2D eigenvalue weighted by atomic mass is 10.1. The van der Waals surface area contributed by atoms with Gasteiger partial charge in [0.25, 0.3) is 0 Å². The molecule has 0 saturated heterocycles. The molecule has 1 unspecified atom stereocenters. The number of ether oxygens (including phenoxy) is 1. The molecular weight excluding hydrogens is 236 g/mol. The van der Waals surface area contributed by atoms with Gasteiger partial charge in [-0.05, 0) is 41.7 Å². The van der Waals surface area contributed by atoms with E-state index in [9.17, 15) is 5.11 Å². The molecule has 1 aliphatic carbocycles. The van der Waals surface area contributed by atoms with E-state index in [0.29, 0.717) is 12.4 Å². The van der Waals surface area contributed by atoms with Gasteiger partial charge in [-0.2, -0.15) is 0 Å². The van der Waals surface area contributed by atoms with Crippen LogP contribution in [0.3, 0.4) is 0 Å². The Hall–Kier alpha value is -1.80. The Morgan fingerprint density at radius 1 is 1.00 bits per heavy atom. The molecule has 0 spiro atoms. The lowest BCUT2D eigenvalue weighted by Crippen LogP contribution is -2.12. The number of hydrogen-bond donors (Lipinski definition) is 1. The van der Waals surface area contributed by atoms with Crippen LogP contribution in [0.5, 0.6) is 5.75 Å². The van der Waals surface area contributed by atoms with Crippen molar-refractivity contribution in [1.29, 1.82) is 0 Å². The number of rotatable bonds is 3. The number of phenols is 1. The van der Waals surface area contributed by atoms with Gasteiger partial charge in [-0.1, -0.05) is 43.8 Å². The molecule has 0 saturated carbocycles. The molecule has 1 atom stereocenters. The second-order valence-corrected chi connectivity index (χ2v) is 4.78. The first-order valence-electron chi connectivity index (χ1n) is 6.27. The Bertz CT molecular complexity index is 534. The zero-order valence-corrected chi connectivity index (χ0v) is 10.2. The van der Waals surface area contributed by atoms with Gasteiger partial charge in [0.15, 0.2) is 0 Å². The van der Waals surface area contributed by atoms with Crippen LogP contribution in [0.4, 0.5) is 0 Å². The average Bonchev–Trinajstić information content (AvgIpc) is 2.79. The molecular formula is C17H20O2. The van der Waals surface area contributed by atoms with Gasteiger partial charge in [0.2, 0.25) is 0 Å². The summed E-state index contributed by atoms with van der Waals surface area (Å²) in [6.45, 7) is 0.658. The van der Waals surface area contributed by atoms with Crippen LogP contribution in [0.25, 0.3) is 0 Å². The fourth-order valence-corrected chi connectivity index (χ4v) is 2.47. The predicted molar refractivity (Wildman–Crippen MR) is 77.3 cm³/mol. The van der Waals surface area contributed by atoms with Gasteiger partial charge in [-0.3, -0.25) is 0 Å². The maximum Gasteiger partial charge on any atom is 0.115 e. The summed E-state index contributed by atoms with van der Waals surface area (Å²) in [6.07, 6.45) is 2.08. The molecule has 1 N–H and O–H groups in total. The molecule has 100 valence electrons. The van der Waals surface area contributed by atoms with Crippen LogP contribution in [0.15, 0.2) is 48.5 Å². The fraction of sp³-hybridized carbons (Fsp3) is 0.294. The van der Waals surface area contributed by atoms with Crippen molar-refractivity contribution in [3.63, 3.8) is 0 Å². The molecule has 2 aromatic carbocycles. The minimum Gasteiger partial charge on any atom is -0.508 e. The SMILES string of the molecule is C.Oc1ccc2c(c1)CC(OCc1ccccc1)C2. The van der Waals surface area contributed by atoms with Gasteiger partial charge in [-0.15, -0.1) is 0 Å². The van der Waals surface area contributed by atoms with E-state index in [2.05, 4.69) is 12.1 Å². The van der Waals surface area contributed by atoms with E-state index in [1.807, 2.05) is 30.3 Å². The van der Waals surface area contributed by atoms with Gasteiger partial charge < -0.3 is 9.84 Å². The first kappa shape index (κ1) is 13.6. The summed E-state index contributed by atoms with van der Waals surface area (Å²) in [5, 5.41) is 9.45. The average molecular weight is 256 g/mol. The number of aromatic hydroxyl groups is 1.